The van der Waals surface area contributed by atoms with Crippen LogP contribution in [0.15, 0.2) is 24.3 Å². The van der Waals surface area contributed by atoms with Crippen LogP contribution in [-0.2, 0) is 14.9 Å². The fraction of sp³-hybridized carbons (Fsp3) is 0.462. The van der Waals surface area contributed by atoms with Crippen LogP contribution in [0.1, 0.15) is 12.0 Å². The number of carbonyl (C=O) groups is 1. The van der Waals surface area contributed by atoms with Crippen molar-refractivity contribution in [2.75, 3.05) is 20.3 Å². The Hall–Kier alpha value is -1.59. The highest BCUT2D eigenvalue weighted by Gasteiger charge is 2.46. The number of esters is 1. The average molecular weight is 251 g/mol. The highest BCUT2D eigenvalue weighted by molar-refractivity contribution is 5.77. The molecule has 2 unspecified atom stereocenters. The van der Waals surface area contributed by atoms with Crippen LogP contribution in [-0.4, -0.2) is 37.4 Å². The molecule has 0 aliphatic carbocycles. The van der Waals surface area contributed by atoms with Gasteiger partial charge in [0.05, 0.1) is 19.1 Å². The van der Waals surface area contributed by atoms with E-state index in [1.165, 1.54) is 7.11 Å². The Morgan fingerprint density at radius 1 is 1.61 bits per heavy atom. The first-order chi connectivity index (χ1) is 8.65. The molecule has 0 amide bonds. The van der Waals surface area contributed by atoms with Crippen molar-refractivity contribution in [3.8, 4) is 5.75 Å². The predicted molar refractivity (Wildman–Crippen MR) is 65.3 cm³/mol. The number of para-hydroxylation sites is 1. The number of aliphatic hydroxyl groups is 1. The Morgan fingerprint density at radius 3 is 3.00 bits per heavy atom. The predicted octanol–water partition coefficient (Wildman–Crippen LogP) is 0.199. The van der Waals surface area contributed by atoms with Crippen LogP contribution in [0.3, 0.4) is 0 Å². The summed E-state index contributed by atoms with van der Waals surface area (Å²) in [6, 6.07) is 7.31. The molecule has 1 aromatic carbocycles. The molecule has 98 valence electrons. The van der Waals surface area contributed by atoms with Crippen molar-refractivity contribution in [1.29, 1.82) is 0 Å². The van der Waals surface area contributed by atoms with Gasteiger partial charge in [-0.1, -0.05) is 18.2 Å². The lowest BCUT2D eigenvalue weighted by atomic mass is 9.71. The van der Waals surface area contributed by atoms with Gasteiger partial charge in [0.2, 0.25) is 0 Å². The van der Waals surface area contributed by atoms with Crippen LogP contribution in [0.2, 0.25) is 0 Å². The molecule has 5 heteroatoms. The second-order valence-electron chi connectivity index (χ2n) is 4.38. The fourth-order valence-corrected chi connectivity index (χ4v) is 2.43. The molecule has 0 saturated heterocycles. The highest BCUT2D eigenvalue weighted by Crippen LogP contribution is 2.40. The molecule has 0 fully saturated rings. The lowest BCUT2D eigenvalue weighted by Crippen LogP contribution is -2.52. The van der Waals surface area contributed by atoms with E-state index in [0.29, 0.717) is 18.8 Å². The van der Waals surface area contributed by atoms with Crippen LogP contribution >= 0.6 is 0 Å². The molecule has 0 aromatic heterocycles. The summed E-state index contributed by atoms with van der Waals surface area (Å²) in [5, 5.41) is 10.2. The number of aliphatic hydroxyl groups excluding tert-OH is 1. The number of methoxy groups -OCH3 is 1. The number of benzene rings is 1. The minimum atomic E-state index is -1.28. The first-order valence-corrected chi connectivity index (χ1v) is 5.84. The Labute approximate surface area is 106 Å². The summed E-state index contributed by atoms with van der Waals surface area (Å²) in [5.41, 5.74) is 5.75. The topological polar surface area (TPSA) is 81.8 Å². The van der Waals surface area contributed by atoms with Crippen molar-refractivity contribution < 1.29 is 19.4 Å². The van der Waals surface area contributed by atoms with Crippen LogP contribution < -0.4 is 10.5 Å². The van der Waals surface area contributed by atoms with Gasteiger partial charge in [-0.05, 0) is 12.5 Å². The molecule has 1 aliphatic rings. The Morgan fingerprint density at radius 2 is 2.33 bits per heavy atom. The zero-order valence-corrected chi connectivity index (χ0v) is 10.3. The van der Waals surface area contributed by atoms with Crippen LogP contribution in [0.5, 0.6) is 5.75 Å². The number of hydrogen-bond donors (Lipinski definition) is 2. The molecule has 0 saturated carbocycles. The molecule has 2 rings (SSSR count). The average Bonchev–Trinajstić information content (AvgIpc) is 2.44. The molecule has 0 radical (unpaired) electrons. The first kappa shape index (κ1) is 12.9. The van der Waals surface area contributed by atoms with Crippen molar-refractivity contribution >= 4 is 5.97 Å². The number of hydrogen-bond acceptors (Lipinski definition) is 5. The summed E-state index contributed by atoms with van der Waals surface area (Å²) in [4.78, 5) is 11.6. The maximum Gasteiger partial charge on any atom is 0.335 e. The van der Waals surface area contributed by atoms with E-state index in [-0.39, 0.29) is 6.54 Å². The minimum absolute atomic E-state index is 0.156. The molecule has 3 N–H and O–H groups in total. The van der Waals surface area contributed by atoms with Crippen molar-refractivity contribution in [1.82, 2.24) is 0 Å². The largest absolute Gasteiger partial charge is 0.493 e. The third-order valence-electron chi connectivity index (χ3n) is 3.54. The zero-order valence-electron chi connectivity index (χ0n) is 10.3. The van der Waals surface area contributed by atoms with E-state index >= 15 is 0 Å². The van der Waals surface area contributed by atoms with E-state index in [4.69, 9.17) is 10.5 Å². The smallest absolute Gasteiger partial charge is 0.335 e. The van der Waals surface area contributed by atoms with Crippen molar-refractivity contribution in [3.05, 3.63) is 29.8 Å². The van der Waals surface area contributed by atoms with Crippen LogP contribution in [0, 0.1) is 0 Å². The number of nitrogens with two attached hydrogens (primary N) is 1. The minimum Gasteiger partial charge on any atom is -0.493 e. The molecule has 0 spiro atoms. The van der Waals surface area contributed by atoms with Gasteiger partial charge in [0.1, 0.15) is 5.75 Å². The number of fused-ring (bicyclic) bond motifs is 1. The van der Waals surface area contributed by atoms with Crippen LogP contribution in [0.4, 0.5) is 0 Å². The normalized spacial score (nSPS) is 23.7. The molecule has 1 heterocycles. The molecule has 0 bridgehead atoms. The van der Waals surface area contributed by atoms with Crippen molar-refractivity contribution in [2.24, 2.45) is 5.73 Å². The highest BCUT2D eigenvalue weighted by atomic mass is 16.5. The lowest BCUT2D eigenvalue weighted by molar-refractivity contribution is -0.155. The van der Waals surface area contributed by atoms with Gasteiger partial charge in [-0.25, -0.2) is 4.79 Å². The quantitative estimate of drug-likeness (QED) is 0.750. The molecule has 1 aliphatic heterocycles. The molecule has 5 nitrogen and oxygen atoms in total. The monoisotopic (exact) mass is 251 g/mol. The van der Waals surface area contributed by atoms with Crippen molar-refractivity contribution in [2.45, 2.75) is 17.9 Å². The lowest BCUT2D eigenvalue weighted by Gasteiger charge is -2.40. The van der Waals surface area contributed by atoms with Gasteiger partial charge in [0, 0.05) is 12.1 Å². The second kappa shape index (κ2) is 4.96. The van der Waals surface area contributed by atoms with E-state index in [2.05, 4.69) is 4.74 Å². The van der Waals surface area contributed by atoms with Crippen molar-refractivity contribution in [3.63, 3.8) is 0 Å². The molecule has 1 aromatic rings. The second-order valence-corrected chi connectivity index (χ2v) is 4.38. The maximum atomic E-state index is 11.6. The number of carbonyl (C=O) groups excluding carboxylic acids is 1. The molecular formula is C13H17NO4. The first-order valence-electron chi connectivity index (χ1n) is 5.84. The summed E-state index contributed by atoms with van der Waals surface area (Å²) in [6.45, 7) is 0.575. The number of rotatable bonds is 3. The summed E-state index contributed by atoms with van der Waals surface area (Å²) in [7, 11) is 1.25. The van der Waals surface area contributed by atoms with Gasteiger partial charge in [-0.2, -0.15) is 0 Å². The van der Waals surface area contributed by atoms with E-state index in [9.17, 15) is 9.90 Å². The molecular weight excluding hydrogens is 234 g/mol. The third kappa shape index (κ3) is 1.85. The van der Waals surface area contributed by atoms with Gasteiger partial charge in [-0.3, -0.25) is 0 Å². The number of ether oxygens (including phenoxy) is 2. The summed E-state index contributed by atoms with van der Waals surface area (Å²) in [5.74, 6) is -0.00527. The standard InChI is InChI=1S/C13H17NO4/c1-17-12(16)11(15)13(8-14)6-7-18-10-5-3-2-4-9(10)13/h2-5,11,15H,6-8,14H2,1H3. The molecule has 2 atom stereocenters. The Bertz CT molecular complexity index is 448. The SMILES string of the molecule is COC(=O)C(O)C1(CN)CCOc2ccccc21. The van der Waals surface area contributed by atoms with Gasteiger partial charge >= 0.3 is 5.97 Å². The van der Waals surface area contributed by atoms with Gasteiger partial charge in [0.25, 0.3) is 0 Å². The van der Waals surface area contributed by atoms with Crippen LogP contribution in [0.25, 0.3) is 0 Å². The Kier molecular flexibility index (Phi) is 3.54. The van der Waals surface area contributed by atoms with E-state index < -0.39 is 17.5 Å². The van der Waals surface area contributed by atoms with E-state index in [1.807, 2.05) is 24.3 Å². The van der Waals surface area contributed by atoms with E-state index in [1.54, 1.807) is 0 Å². The summed E-state index contributed by atoms with van der Waals surface area (Å²) in [6.07, 6.45) is -0.797. The van der Waals surface area contributed by atoms with E-state index in [0.717, 1.165) is 5.56 Å². The fourth-order valence-electron chi connectivity index (χ4n) is 2.43. The summed E-state index contributed by atoms with van der Waals surface area (Å²) >= 11 is 0. The zero-order chi connectivity index (χ0) is 13.2. The maximum absolute atomic E-state index is 11.6. The molecule has 18 heavy (non-hydrogen) atoms. The van der Waals surface area contributed by atoms with Gasteiger partial charge in [-0.15, -0.1) is 0 Å². The summed E-state index contributed by atoms with van der Waals surface area (Å²) < 4.78 is 10.1. The third-order valence-corrected chi connectivity index (χ3v) is 3.54. The Balaban J connectivity index is 2.48. The van der Waals surface area contributed by atoms with Gasteiger partial charge in [0.15, 0.2) is 6.10 Å². The van der Waals surface area contributed by atoms with Gasteiger partial charge < -0.3 is 20.3 Å².